The first kappa shape index (κ1) is 33.2. The highest BCUT2D eigenvalue weighted by atomic mass is 16.5. The number of fused-ring (bicyclic) bond motifs is 1. The number of carbonyl (C=O) groups is 3. The van der Waals surface area contributed by atoms with Crippen LogP contribution in [-0.2, 0) is 19.1 Å². The zero-order chi connectivity index (χ0) is 32.5. The maximum Gasteiger partial charge on any atom is 0.248 e. The molecule has 4 aliphatic rings. The Kier molecular flexibility index (Phi) is 9.80. The molecule has 246 valence electrons. The lowest BCUT2D eigenvalue weighted by Crippen LogP contribution is -2.60. The molecule has 0 aromatic heterocycles. The van der Waals surface area contributed by atoms with E-state index in [2.05, 4.69) is 20.1 Å². The lowest BCUT2D eigenvalue weighted by atomic mass is 9.62. The molecule has 3 amide bonds. The van der Waals surface area contributed by atoms with Crippen LogP contribution in [0.5, 0.6) is 5.75 Å². The molecule has 4 fully saturated rings. The molecule has 45 heavy (non-hydrogen) atoms. The molecule has 1 N–H and O–H groups in total. The van der Waals surface area contributed by atoms with E-state index in [1.165, 1.54) is 0 Å². The highest BCUT2D eigenvalue weighted by Gasteiger charge is 2.80. The third-order valence-corrected chi connectivity index (χ3v) is 11.0. The van der Waals surface area contributed by atoms with Crippen LogP contribution in [0.1, 0.15) is 72.6 Å². The molecule has 0 radical (unpaired) electrons. The maximum absolute atomic E-state index is 14.9. The van der Waals surface area contributed by atoms with Gasteiger partial charge >= 0.3 is 0 Å². The van der Waals surface area contributed by atoms with Crippen molar-refractivity contribution in [2.24, 2.45) is 17.8 Å². The Labute approximate surface area is 268 Å². The monoisotopic (exact) mass is 621 g/mol. The predicted octanol–water partition coefficient (Wildman–Crippen LogP) is 4.73. The van der Waals surface area contributed by atoms with Crippen molar-refractivity contribution in [1.82, 2.24) is 9.80 Å². The number of carbonyl (C=O) groups excluding carboxylic acids is 3. The summed E-state index contributed by atoms with van der Waals surface area (Å²) in [5.41, 5.74) is -1.47. The predicted molar refractivity (Wildman–Crippen MR) is 174 cm³/mol. The van der Waals surface area contributed by atoms with Gasteiger partial charge in [0.05, 0.1) is 36.7 Å². The van der Waals surface area contributed by atoms with Gasteiger partial charge in [0.1, 0.15) is 17.4 Å². The second-order valence-electron chi connectivity index (χ2n) is 13.4. The summed E-state index contributed by atoms with van der Waals surface area (Å²) in [7, 11) is 0. The van der Waals surface area contributed by atoms with E-state index in [0.29, 0.717) is 37.4 Å². The molecule has 3 saturated heterocycles. The van der Waals surface area contributed by atoms with Gasteiger partial charge in [-0.05, 0) is 69.7 Å². The summed E-state index contributed by atoms with van der Waals surface area (Å²) in [5.74, 6) is -1.73. The molecule has 1 spiro atoms. The first-order valence-electron chi connectivity index (χ1n) is 16.8. The second kappa shape index (κ2) is 13.3. The molecule has 1 aliphatic carbocycles. The van der Waals surface area contributed by atoms with Crippen LogP contribution in [0.15, 0.2) is 49.6 Å². The molecule has 3 aliphatic heterocycles. The lowest BCUT2D eigenvalue weighted by molar-refractivity contribution is -0.157. The maximum atomic E-state index is 14.9. The number of anilines is 1. The fourth-order valence-corrected chi connectivity index (χ4v) is 8.76. The molecular formula is C36H51N3O6. The third-order valence-electron chi connectivity index (χ3n) is 11.0. The highest BCUT2D eigenvalue weighted by Crippen LogP contribution is 2.66. The summed E-state index contributed by atoms with van der Waals surface area (Å²) < 4.78 is 12.6. The van der Waals surface area contributed by atoms with Gasteiger partial charge in [-0.15, -0.1) is 13.2 Å². The van der Waals surface area contributed by atoms with Gasteiger partial charge in [0, 0.05) is 24.8 Å². The quantitative estimate of drug-likeness (QED) is 0.320. The van der Waals surface area contributed by atoms with E-state index in [-0.39, 0.29) is 42.8 Å². The van der Waals surface area contributed by atoms with Gasteiger partial charge in [-0.3, -0.25) is 14.4 Å². The van der Waals surface area contributed by atoms with Crippen molar-refractivity contribution in [3.05, 3.63) is 49.6 Å². The second-order valence-corrected chi connectivity index (χ2v) is 13.4. The molecule has 5 rings (SSSR count). The van der Waals surface area contributed by atoms with Gasteiger partial charge in [0.2, 0.25) is 17.7 Å². The summed E-state index contributed by atoms with van der Waals surface area (Å²) in [4.78, 5) is 49.6. The van der Waals surface area contributed by atoms with E-state index in [4.69, 9.17) is 9.47 Å². The van der Waals surface area contributed by atoms with E-state index in [0.717, 1.165) is 32.1 Å². The minimum Gasteiger partial charge on any atom is -0.494 e. The Morgan fingerprint density at radius 2 is 1.78 bits per heavy atom. The van der Waals surface area contributed by atoms with Crippen molar-refractivity contribution in [3.63, 3.8) is 0 Å². The van der Waals surface area contributed by atoms with Crippen molar-refractivity contribution >= 4 is 23.4 Å². The van der Waals surface area contributed by atoms with E-state index in [1.54, 1.807) is 22.0 Å². The van der Waals surface area contributed by atoms with Crippen molar-refractivity contribution in [2.75, 3.05) is 31.2 Å². The molecule has 1 aromatic carbocycles. The molecule has 3 heterocycles. The number of nitrogens with zero attached hydrogens (tertiary/aromatic N) is 3. The molecular weight excluding hydrogens is 570 g/mol. The Morgan fingerprint density at radius 3 is 2.36 bits per heavy atom. The van der Waals surface area contributed by atoms with Gasteiger partial charge in [-0.25, -0.2) is 0 Å². The molecule has 9 heteroatoms. The van der Waals surface area contributed by atoms with Crippen molar-refractivity contribution in [3.8, 4) is 5.75 Å². The van der Waals surface area contributed by atoms with Crippen LogP contribution < -0.4 is 9.64 Å². The SMILES string of the molecule is C=CCN(C(=O)[C@H]1[C@H]2C(=O)N([C@@H](CC)CO)C(C(=O)N(CC=C)C3CCCCC3)C23CC(C)[C@]1(C)O3)c1ccc(OCC)cc1. The Balaban J connectivity index is 1.59. The highest BCUT2D eigenvalue weighted by molar-refractivity contribution is 6.03. The number of hydrogen-bond acceptors (Lipinski definition) is 6. The average molecular weight is 622 g/mol. The van der Waals surface area contributed by atoms with Crippen LogP contribution in [0.2, 0.25) is 0 Å². The normalized spacial score (nSPS) is 31.4. The minimum absolute atomic E-state index is 0.0534. The number of aliphatic hydroxyl groups excluding tert-OH is 1. The van der Waals surface area contributed by atoms with Crippen molar-refractivity contribution in [1.29, 1.82) is 0 Å². The molecule has 1 aromatic rings. The summed E-state index contributed by atoms with van der Waals surface area (Å²) in [5, 5.41) is 10.5. The van der Waals surface area contributed by atoms with E-state index in [9.17, 15) is 19.5 Å². The van der Waals surface area contributed by atoms with E-state index in [1.807, 2.05) is 49.9 Å². The van der Waals surface area contributed by atoms with E-state index < -0.39 is 35.1 Å². The summed E-state index contributed by atoms with van der Waals surface area (Å²) in [6.07, 6.45) is 9.43. The fraction of sp³-hybridized carbons (Fsp3) is 0.639. The van der Waals surface area contributed by atoms with Crippen LogP contribution >= 0.6 is 0 Å². The van der Waals surface area contributed by atoms with Crippen molar-refractivity contribution < 1.29 is 29.0 Å². The van der Waals surface area contributed by atoms with Gasteiger partial charge in [-0.1, -0.05) is 45.3 Å². The van der Waals surface area contributed by atoms with Crippen LogP contribution in [-0.4, -0.2) is 88.3 Å². The van der Waals surface area contributed by atoms with E-state index >= 15 is 0 Å². The Morgan fingerprint density at radius 1 is 1.11 bits per heavy atom. The smallest absolute Gasteiger partial charge is 0.248 e. The minimum atomic E-state index is -1.18. The number of rotatable bonds is 13. The van der Waals surface area contributed by atoms with Gasteiger partial charge in [0.15, 0.2) is 0 Å². The van der Waals surface area contributed by atoms with Crippen LogP contribution in [0.25, 0.3) is 0 Å². The zero-order valence-electron chi connectivity index (χ0n) is 27.5. The number of hydrogen-bond donors (Lipinski definition) is 1. The number of amides is 3. The first-order chi connectivity index (χ1) is 21.6. The van der Waals surface area contributed by atoms with Crippen molar-refractivity contribution in [2.45, 2.75) is 102 Å². The molecule has 1 saturated carbocycles. The number of aliphatic hydroxyl groups is 1. The fourth-order valence-electron chi connectivity index (χ4n) is 8.76. The lowest BCUT2D eigenvalue weighted by Gasteiger charge is -2.42. The Bertz CT molecular complexity index is 1270. The number of benzene rings is 1. The number of ether oxygens (including phenoxy) is 2. The van der Waals surface area contributed by atoms with Gasteiger partial charge in [-0.2, -0.15) is 0 Å². The molecule has 9 nitrogen and oxygen atoms in total. The van der Waals surface area contributed by atoms with Crippen LogP contribution in [0.3, 0.4) is 0 Å². The zero-order valence-corrected chi connectivity index (χ0v) is 27.5. The molecule has 2 bridgehead atoms. The number of likely N-dealkylation sites (tertiary alicyclic amines) is 1. The standard InChI is InChI=1S/C36H51N3O6/c1-7-20-37(27-16-18-28(19-17-27)44-10-4)32(41)29-30-33(42)39(25(9-3)23-40)31(36(30)22-24(5)35(29,6)45-36)34(43)38(21-8-2)26-14-12-11-13-15-26/h7-8,16-19,24-26,29-31,40H,1-2,9-15,20-23H2,3-6H3/t24?,25-,29+,30-,31?,35-,36?/m0/s1. The third kappa shape index (κ3) is 5.39. The summed E-state index contributed by atoms with van der Waals surface area (Å²) in [6, 6.07) is 5.89. The van der Waals surface area contributed by atoms with Gasteiger partial charge in [0.25, 0.3) is 0 Å². The average Bonchev–Trinajstić information content (AvgIpc) is 3.56. The summed E-state index contributed by atoms with van der Waals surface area (Å²) >= 11 is 0. The Hall–Kier alpha value is -3.17. The van der Waals surface area contributed by atoms with Crippen LogP contribution in [0, 0.1) is 17.8 Å². The summed E-state index contributed by atoms with van der Waals surface area (Å²) in [6.45, 7) is 16.5. The molecule has 7 atom stereocenters. The topological polar surface area (TPSA) is 99.6 Å². The van der Waals surface area contributed by atoms with Crippen LogP contribution in [0.4, 0.5) is 5.69 Å². The first-order valence-corrected chi connectivity index (χ1v) is 16.8. The van der Waals surface area contributed by atoms with Gasteiger partial charge < -0.3 is 29.3 Å². The largest absolute Gasteiger partial charge is 0.494 e. The molecule has 3 unspecified atom stereocenters.